The number of imidazole rings is 1. The topological polar surface area (TPSA) is 80.9 Å². The predicted molar refractivity (Wildman–Crippen MR) is 106 cm³/mol. The number of benzene rings is 2. The lowest BCUT2D eigenvalue weighted by Crippen LogP contribution is -2.25. The van der Waals surface area contributed by atoms with Crippen LogP contribution in [0.2, 0.25) is 0 Å². The van der Waals surface area contributed by atoms with E-state index in [1.807, 2.05) is 34.9 Å². The molecule has 2 aromatic heterocycles. The summed E-state index contributed by atoms with van der Waals surface area (Å²) in [5, 5.41) is 8.89. The SMILES string of the molecule is CC(C(=O)O)C(=O)Oc1cccc(-c2cn3c(n2)sc2ccccc23)c1.Cl. The van der Waals surface area contributed by atoms with Gasteiger partial charge in [0.2, 0.25) is 0 Å². The Morgan fingerprint density at radius 2 is 1.96 bits per heavy atom. The molecule has 0 saturated heterocycles. The van der Waals surface area contributed by atoms with Crippen molar-refractivity contribution in [3.8, 4) is 17.0 Å². The van der Waals surface area contributed by atoms with E-state index in [9.17, 15) is 9.59 Å². The van der Waals surface area contributed by atoms with Crippen molar-refractivity contribution >= 4 is 50.9 Å². The van der Waals surface area contributed by atoms with Gasteiger partial charge in [0.25, 0.3) is 0 Å². The highest BCUT2D eigenvalue weighted by molar-refractivity contribution is 7.23. The van der Waals surface area contributed by atoms with Crippen molar-refractivity contribution in [2.24, 2.45) is 5.92 Å². The molecule has 138 valence electrons. The number of hydrogen-bond donors (Lipinski definition) is 1. The van der Waals surface area contributed by atoms with E-state index in [0.29, 0.717) is 5.75 Å². The zero-order valence-electron chi connectivity index (χ0n) is 14.2. The summed E-state index contributed by atoms with van der Waals surface area (Å²) >= 11 is 1.60. The minimum absolute atomic E-state index is 0. The fourth-order valence-electron chi connectivity index (χ4n) is 2.61. The molecule has 27 heavy (non-hydrogen) atoms. The third-order valence-corrected chi connectivity index (χ3v) is 5.11. The van der Waals surface area contributed by atoms with Crippen LogP contribution in [0.1, 0.15) is 6.92 Å². The van der Waals surface area contributed by atoms with Crippen LogP contribution in [0.25, 0.3) is 26.4 Å². The van der Waals surface area contributed by atoms with E-state index in [1.54, 1.807) is 29.5 Å². The van der Waals surface area contributed by atoms with E-state index in [0.717, 1.165) is 26.4 Å². The molecule has 0 aliphatic carbocycles. The smallest absolute Gasteiger partial charge is 0.325 e. The molecule has 0 spiro atoms. The Balaban J connectivity index is 0.00000210. The molecular weight excluding hydrogens is 388 g/mol. The third-order valence-electron chi connectivity index (χ3n) is 4.07. The molecule has 0 fully saturated rings. The number of carboxylic acids is 1. The van der Waals surface area contributed by atoms with Gasteiger partial charge in [-0.05, 0) is 31.2 Å². The third kappa shape index (κ3) is 3.51. The fraction of sp³-hybridized carbons (Fsp3) is 0.105. The van der Waals surface area contributed by atoms with Gasteiger partial charge < -0.3 is 9.84 Å². The number of para-hydroxylation sites is 1. The van der Waals surface area contributed by atoms with E-state index in [1.165, 1.54) is 6.92 Å². The van der Waals surface area contributed by atoms with E-state index >= 15 is 0 Å². The molecular formula is C19H15ClN2O4S. The van der Waals surface area contributed by atoms with Crippen LogP contribution in [0.3, 0.4) is 0 Å². The minimum atomic E-state index is -1.22. The van der Waals surface area contributed by atoms with Gasteiger partial charge in [-0.25, -0.2) is 4.98 Å². The molecule has 4 aromatic rings. The van der Waals surface area contributed by atoms with Gasteiger partial charge in [0.1, 0.15) is 5.75 Å². The molecule has 0 aliphatic heterocycles. The zero-order valence-corrected chi connectivity index (χ0v) is 15.8. The van der Waals surface area contributed by atoms with Crippen molar-refractivity contribution in [2.75, 3.05) is 0 Å². The molecule has 4 rings (SSSR count). The van der Waals surface area contributed by atoms with Crippen molar-refractivity contribution in [3.05, 3.63) is 54.7 Å². The maximum atomic E-state index is 11.8. The maximum absolute atomic E-state index is 11.8. The molecule has 8 heteroatoms. The Kier molecular flexibility index (Phi) is 5.16. The molecule has 0 radical (unpaired) electrons. The fourth-order valence-corrected chi connectivity index (χ4v) is 3.62. The van der Waals surface area contributed by atoms with Gasteiger partial charge >= 0.3 is 11.9 Å². The van der Waals surface area contributed by atoms with Gasteiger partial charge in [-0.2, -0.15) is 0 Å². The van der Waals surface area contributed by atoms with Gasteiger partial charge in [-0.3, -0.25) is 14.0 Å². The van der Waals surface area contributed by atoms with Crippen LogP contribution >= 0.6 is 23.7 Å². The number of ether oxygens (including phenoxy) is 1. The number of halogens is 1. The average Bonchev–Trinajstić information content (AvgIpc) is 3.19. The van der Waals surface area contributed by atoms with Crippen molar-refractivity contribution in [1.82, 2.24) is 9.38 Å². The molecule has 0 aliphatic rings. The number of esters is 1. The number of thiazole rings is 1. The second-order valence-corrected chi connectivity index (χ2v) is 6.87. The first-order valence-electron chi connectivity index (χ1n) is 7.94. The molecule has 2 aromatic carbocycles. The van der Waals surface area contributed by atoms with E-state index < -0.39 is 17.9 Å². The van der Waals surface area contributed by atoms with Gasteiger partial charge in [0.15, 0.2) is 10.9 Å². The minimum Gasteiger partial charge on any atom is -0.481 e. The van der Waals surface area contributed by atoms with Crippen LogP contribution in [0.15, 0.2) is 54.7 Å². The van der Waals surface area contributed by atoms with Crippen molar-refractivity contribution in [1.29, 1.82) is 0 Å². The number of nitrogens with zero attached hydrogens (tertiary/aromatic N) is 2. The van der Waals surface area contributed by atoms with Crippen LogP contribution in [0.5, 0.6) is 5.75 Å². The summed E-state index contributed by atoms with van der Waals surface area (Å²) in [7, 11) is 0. The molecule has 2 heterocycles. The van der Waals surface area contributed by atoms with Crippen LogP contribution in [-0.2, 0) is 9.59 Å². The van der Waals surface area contributed by atoms with Crippen LogP contribution < -0.4 is 4.74 Å². The van der Waals surface area contributed by atoms with E-state index in [2.05, 4.69) is 11.1 Å². The number of aromatic nitrogens is 2. The van der Waals surface area contributed by atoms with Gasteiger partial charge in [0, 0.05) is 11.8 Å². The lowest BCUT2D eigenvalue weighted by Gasteiger charge is -2.08. The highest BCUT2D eigenvalue weighted by Gasteiger charge is 2.23. The molecule has 0 amide bonds. The van der Waals surface area contributed by atoms with Crippen molar-refractivity contribution in [2.45, 2.75) is 6.92 Å². The number of carbonyl (C=O) groups excluding carboxylic acids is 1. The zero-order chi connectivity index (χ0) is 18.3. The summed E-state index contributed by atoms with van der Waals surface area (Å²) in [6, 6.07) is 15.0. The van der Waals surface area contributed by atoms with Gasteiger partial charge in [0.05, 0.1) is 15.9 Å². The largest absolute Gasteiger partial charge is 0.481 e. The average molecular weight is 403 g/mol. The van der Waals surface area contributed by atoms with Crippen LogP contribution in [0, 0.1) is 5.92 Å². The first-order valence-corrected chi connectivity index (χ1v) is 8.76. The summed E-state index contributed by atoms with van der Waals surface area (Å²) in [5.41, 5.74) is 2.63. The van der Waals surface area contributed by atoms with Gasteiger partial charge in [-0.15, -0.1) is 12.4 Å². The molecule has 6 nitrogen and oxygen atoms in total. The van der Waals surface area contributed by atoms with E-state index in [4.69, 9.17) is 9.84 Å². The lowest BCUT2D eigenvalue weighted by atomic mass is 10.1. The summed E-state index contributed by atoms with van der Waals surface area (Å²) in [6.45, 7) is 1.29. The Morgan fingerprint density at radius 3 is 2.74 bits per heavy atom. The van der Waals surface area contributed by atoms with Crippen LogP contribution in [-0.4, -0.2) is 26.4 Å². The van der Waals surface area contributed by atoms with Crippen LogP contribution in [0.4, 0.5) is 0 Å². The number of carboxylic acid groups (broad SMARTS) is 1. The Bertz CT molecular complexity index is 1150. The normalized spacial score (nSPS) is 11.9. The predicted octanol–water partition coefficient (Wildman–Crippen LogP) is 4.26. The molecule has 1 unspecified atom stereocenters. The molecule has 1 atom stereocenters. The molecule has 0 bridgehead atoms. The highest BCUT2D eigenvalue weighted by Crippen LogP contribution is 2.30. The first kappa shape index (κ1) is 18.9. The number of rotatable bonds is 4. The maximum Gasteiger partial charge on any atom is 0.325 e. The molecule has 1 N–H and O–H groups in total. The quantitative estimate of drug-likeness (QED) is 0.313. The lowest BCUT2D eigenvalue weighted by molar-refractivity contribution is -0.151. The summed E-state index contributed by atoms with van der Waals surface area (Å²) < 4.78 is 8.36. The Labute approximate surface area is 164 Å². The first-order chi connectivity index (χ1) is 12.5. The summed E-state index contributed by atoms with van der Waals surface area (Å²) in [6.07, 6.45) is 1.94. The number of carbonyl (C=O) groups is 2. The van der Waals surface area contributed by atoms with Gasteiger partial charge in [-0.1, -0.05) is 35.6 Å². The number of aliphatic carboxylic acids is 1. The van der Waals surface area contributed by atoms with E-state index in [-0.39, 0.29) is 12.4 Å². The Morgan fingerprint density at radius 1 is 1.19 bits per heavy atom. The monoisotopic (exact) mass is 402 g/mol. The summed E-state index contributed by atoms with van der Waals surface area (Å²) in [4.78, 5) is 28.2. The number of fused-ring (bicyclic) bond motifs is 3. The van der Waals surface area contributed by atoms with Crippen molar-refractivity contribution in [3.63, 3.8) is 0 Å². The Hall–Kier alpha value is -2.90. The number of hydrogen-bond acceptors (Lipinski definition) is 5. The van der Waals surface area contributed by atoms with Crippen molar-refractivity contribution < 1.29 is 19.4 Å². The summed E-state index contributed by atoms with van der Waals surface area (Å²) in [5.74, 6) is -2.94. The standard InChI is InChI=1S/C19H14N2O4S.ClH/c1-11(17(22)23)18(24)25-13-6-4-5-12(9-13)14-10-21-15-7-2-3-8-16(15)26-19(21)20-14;/h2-11H,1H3,(H,22,23);1H. The highest BCUT2D eigenvalue weighted by atomic mass is 35.5. The second-order valence-electron chi connectivity index (χ2n) is 5.86. The molecule has 0 saturated carbocycles. The second kappa shape index (κ2) is 7.38.